The smallest absolute Gasteiger partial charge is 0.113 e. The van der Waals surface area contributed by atoms with E-state index in [1.54, 1.807) is 0 Å². The molecule has 1 nitrogen and oxygen atoms in total. The number of aliphatic hydroxyl groups is 1. The predicted octanol–water partition coefficient (Wildman–Crippen LogP) is 4.90. The molecule has 2 heteroatoms. The molecule has 20 heavy (non-hydrogen) atoms. The van der Waals surface area contributed by atoms with Crippen molar-refractivity contribution in [2.24, 2.45) is 5.92 Å². The predicted molar refractivity (Wildman–Crippen MR) is 87.8 cm³/mol. The Balaban J connectivity index is 2.41. The maximum Gasteiger partial charge on any atom is 0.113 e. The highest BCUT2D eigenvalue weighted by Gasteiger charge is 2.27. The molecule has 0 heterocycles. The third-order valence-corrected chi connectivity index (χ3v) is 4.22. The van der Waals surface area contributed by atoms with Gasteiger partial charge in [-0.25, -0.2) is 0 Å². The number of hydrogen-bond donors (Lipinski definition) is 1. The summed E-state index contributed by atoms with van der Waals surface area (Å²) >= 11 is 3.53. The Morgan fingerprint density at radius 2 is 1.80 bits per heavy atom. The molecule has 0 saturated heterocycles. The Hall–Kier alpha value is -1.12. The van der Waals surface area contributed by atoms with Crippen LogP contribution in [-0.2, 0) is 12.0 Å². The van der Waals surface area contributed by atoms with Gasteiger partial charge in [-0.2, -0.15) is 0 Å². The fourth-order valence-corrected chi connectivity index (χ4v) is 3.15. The Kier molecular flexibility index (Phi) is 4.66. The number of benzene rings is 2. The van der Waals surface area contributed by atoms with Crippen LogP contribution in [0.15, 0.2) is 53.0 Å². The van der Waals surface area contributed by atoms with Crippen molar-refractivity contribution in [1.82, 2.24) is 0 Å². The van der Waals surface area contributed by atoms with Crippen molar-refractivity contribution < 1.29 is 5.11 Å². The highest BCUT2D eigenvalue weighted by molar-refractivity contribution is 9.10. The van der Waals surface area contributed by atoms with Crippen LogP contribution in [0, 0.1) is 5.92 Å². The number of rotatable bonds is 4. The first-order chi connectivity index (χ1) is 9.41. The van der Waals surface area contributed by atoms with E-state index in [9.17, 15) is 5.11 Å². The number of halogens is 1. The highest BCUT2D eigenvalue weighted by atomic mass is 79.9. The molecule has 0 spiro atoms. The van der Waals surface area contributed by atoms with E-state index in [1.165, 1.54) is 5.56 Å². The first-order valence-corrected chi connectivity index (χ1v) is 7.77. The van der Waals surface area contributed by atoms with Crippen molar-refractivity contribution in [2.45, 2.75) is 32.8 Å². The minimum absolute atomic E-state index is 0.610. The summed E-state index contributed by atoms with van der Waals surface area (Å²) in [4.78, 5) is 0. The fraction of sp³-hybridized carbons (Fsp3) is 0.333. The van der Waals surface area contributed by atoms with Gasteiger partial charge in [0.15, 0.2) is 0 Å². The summed E-state index contributed by atoms with van der Waals surface area (Å²) in [6, 6.07) is 16.1. The SMILES string of the molecule is CC(C)Cc1cccc(C(C)(O)c2ccccc2Br)c1. The molecular weight excluding hydrogens is 312 g/mol. The molecule has 0 saturated carbocycles. The van der Waals surface area contributed by atoms with Gasteiger partial charge in [0.2, 0.25) is 0 Å². The lowest BCUT2D eigenvalue weighted by molar-refractivity contribution is 0.101. The molecule has 2 aromatic rings. The minimum atomic E-state index is -0.993. The molecule has 106 valence electrons. The average molecular weight is 333 g/mol. The molecule has 2 aromatic carbocycles. The second kappa shape index (κ2) is 6.11. The second-order valence-corrected chi connectivity index (χ2v) is 6.70. The lowest BCUT2D eigenvalue weighted by Gasteiger charge is -2.26. The van der Waals surface area contributed by atoms with Gasteiger partial charge in [-0.15, -0.1) is 0 Å². The zero-order valence-electron chi connectivity index (χ0n) is 12.2. The van der Waals surface area contributed by atoms with E-state index in [-0.39, 0.29) is 0 Å². The summed E-state index contributed by atoms with van der Waals surface area (Å²) in [6.45, 7) is 6.26. The van der Waals surface area contributed by atoms with E-state index >= 15 is 0 Å². The lowest BCUT2D eigenvalue weighted by atomic mass is 9.86. The monoisotopic (exact) mass is 332 g/mol. The molecule has 0 bridgehead atoms. The Morgan fingerprint density at radius 3 is 2.45 bits per heavy atom. The van der Waals surface area contributed by atoms with Crippen LogP contribution in [0.2, 0.25) is 0 Å². The Labute approximate surface area is 129 Å². The van der Waals surface area contributed by atoms with Crippen molar-refractivity contribution in [2.75, 3.05) is 0 Å². The van der Waals surface area contributed by atoms with E-state index in [4.69, 9.17) is 0 Å². The van der Waals surface area contributed by atoms with Gasteiger partial charge in [0, 0.05) is 10.0 Å². The van der Waals surface area contributed by atoms with Crippen LogP contribution in [0.5, 0.6) is 0 Å². The van der Waals surface area contributed by atoms with Crippen LogP contribution in [-0.4, -0.2) is 5.11 Å². The maximum absolute atomic E-state index is 11.0. The van der Waals surface area contributed by atoms with Gasteiger partial charge in [-0.3, -0.25) is 0 Å². The largest absolute Gasteiger partial charge is 0.381 e. The van der Waals surface area contributed by atoms with Crippen molar-refractivity contribution in [1.29, 1.82) is 0 Å². The van der Waals surface area contributed by atoms with E-state index in [1.807, 2.05) is 43.3 Å². The molecule has 0 radical (unpaired) electrons. The quantitative estimate of drug-likeness (QED) is 0.843. The van der Waals surface area contributed by atoms with Gasteiger partial charge < -0.3 is 5.11 Å². The summed E-state index contributed by atoms with van der Waals surface area (Å²) in [5.41, 5.74) is 2.10. The Morgan fingerprint density at radius 1 is 1.10 bits per heavy atom. The molecule has 0 aliphatic carbocycles. The van der Waals surface area contributed by atoms with Gasteiger partial charge in [-0.05, 0) is 36.5 Å². The molecule has 0 amide bonds. The molecule has 0 aliphatic heterocycles. The third-order valence-electron chi connectivity index (χ3n) is 3.53. The molecule has 1 atom stereocenters. The van der Waals surface area contributed by atoms with Crippen LogP contribution in [0.4, 0.5) is 0 Å². The molecule has 0 aromatic heterocycles. The molecule has 1 N–H and O–H groups in total. The van der Waals surface area contributed by atoms with E-state index < -0.39 is 5.60 Å². The topological polar surface area (TPSA) is 20.2 Å². The van der Waals surface area contributed by atoms with E-state index in [2.05, 4.69) is 41.9 Å². The molecule has 2 rings (SSSR count). The zero-order valence-corrected chi connectivity index (χ0v) is 13.8. The zero-order chi connectivity index (χ0) is 14.8. The number of hydrogen-bond acceptors (Lipinski definition) is 1. The summed E-state index contributed by atoms with van der Waals surface area (Å²) < 4.78 is 0.930. The molecule has 1 unspecified atom stereocenters. The van der Waals surface area contributed by atoms with Crippen LogP contribution in [0.3, 0.4) is 0 Å². The van der Waals surface area contributed by atoms with Gasteiger partial charge >= 0.3 is 0 Å². The summed E-state index contributed by atoms with van der Waals surface area (Å²) in [7, 11) is 0. The first kappa shape index (κ1) is 15.3. The van der Waals surface area contributed by atoms with Crippen molar-refractivity contribution in [3.8, 4) is 0 Å². The first-order valence-electron chi connectivity index (χ1n) is 6.98. The third kappa shape index (κ3) is 3.31. The van der Waals surface area contributed by atoms with Crippen LogP contribution in [0.1, 0.15) is 37.5 Å². The molecule has 0 aliphatic rings. The van der Waals surface area contributed by atoms with Crippen molar-refractivity contribution in [3.63, 3.8) is 0 Å². The summed E-state index contributed by atoms with van der Waals surface area (Å²) in [6.07, 6.45) is 1.03. The molecule has 0 fully saturated rings. The second-order valence-electron chi connectivity index (χ2n) is 5.85. The van der Waals surface area contributed by atoms with Gasteiger partial charge in [0.1, 0.15) is 5.60 Å². The average Bonchev–Trinajstić information content (AvgIpc) is 2.38. The lowest BCUT2D eigenvalue weighted by Crippen LogP contribution is -2.23. The Bertz CT molecular complexity index is 587. The normalized spacial score (nSPS) is 14.3. The van der Waals surface area contributed by atoms with Crippen LogP contribution < -0.4 is 0 Å². The molecular formula is C18H21BrO. The van der Waals surface area contributed by atoms with E-state index in [0.29, 0.717) is 5.92 Å². The minimum Gasteiger partial charge on any atom is -0.381 e. The van der Waals surface area contributed by atoms with Gasteiger partial charge in [0.05, 0.1) is 0 Å². The highest BCUT2D eigenvalue weighted by Crippen LogP contribution is 2.34. The van der Waals surface area contributed by atoms with Crippen molar-refractivity contribution >= 4 is 15.9 Å². The van der Waals surface area contributed by atoms with Gasteiger partial charge in [0.25, 0.3) is 0 Å². The standard InChI is InChI=1S/C18H21BrO/c1-13(2)11-14-7-6-8-15(12-14)18(3,20)16-9-4-5-10-17(16)19/h4-10,12-13,20H,11H2,1-3H3. The summed E-state index contributed by atoms with van der Waals surface area (Å²) in [5, 5.41) is 11.0. The van der Waals surface area contributed by atoms with E-state index in [0.717, 1.165) is 22.0 Å². The summed E-state index contributed by atoms with van der Waals surface area (Å²) in [5.74, 6) is 0.610. The maximum atomic E-state index is 11.0. The van der Waals surface area contributed by atoms with Crippen molar-refractivity contribution in [3.05, 3.63) is 69.7 Å². The van der Waals surface area contributed by atoms with Gasteiger partial charge in [-0.1, -0.05) is 72.2 Å². The van der Waals surface area contributed by atoms with Crippen LogP contribution >= 0.6 is 15.9 Å². The van der Waals surface area contributed by atoms with Crippen LogP contribution in [0.25, 0.3) is 0 Å². The fourth-order valence-electron chi connectivity index (χ4n) is 2.48.